The molecule has 4 rings (SSSR count). The summed E-state index contributed by atoms with van der Waals surface area (Å²) in [7, 11) is -3.56. The molecule has 2 aromatic heterocycles. The van der Waals surface area contributed by atoms with Crippen LogP contribution in [0.4, 0.5) is 0 Å². The predicted molar refractivity (Wildman–Crippen MR) is 135 cm³/mol. The zero-order chi connectivity index (χ0) is 25.4. The smallest absolute Gasteiger partial charge is 0.254 e. The van der Waals surface area contributed by atoms with Gasteiger partial charge in [-0.2, -0.15) is 28.5 Å². The highest BCUT2D eigenvalue weighted by Gasteiger charge is 2.44. The Bertz CT molecular complexity index is 1460. The van der Waals surface area contributed by atoms with Gasteiger partial charge >= 0.3 is 0 Å². The summed E-state index contributed by atoms with van der Waals surface area (Å²) in [4.78, 5) is 33.6. The average Bonchev–Trinajstić information content (AvgIpc) is 3.41. The van der Waals surface area contributed by atoms with Gasteiger partial charge in [0.1, 0.15) is 11.9 Å². The van der Waals surface area contributed by atoms with Gasteiger partial charge in [-0.15, -0.1) is 0 Å². The Morgan fingerprint density at radius 2 is 1.89 bits per heavy atom. The molecular formula is C22H22ClN7O4S2. The van der Waals surface area contributed by atoms with Crippen molar-refractivity contribution in [2.75, 3.05) is 6.26 Å². The topological polar surface area (TPSA) is 160 Å². The van der Waals surface area contributed by atoms with E-state index in [4.69, 9.17) is 16.9 Å². The SMILES string of the molecule is C[C@@H](NC(=O)c1cc(Cl)cc(S(C)(=O)=O)c1)c1ncnn1-c1ccc(C(=O)NC2(C#N)CC2)cn1.S. The second-order valence-electron chi connectivity index (χ2n) is 8.23. The quantitative estimate of drug-likeness (QED) is 0.454. The fraction of sp³-hybridized carbons (Fsp3) is 0.273. The first-order chi connectivity index (χ1) is 16.5. The van der Waals surface area contributed by atoms with Crippen molar-refractivity contribution < 1.29 is 18.0 Å². The van der Waals surface area contributed by atoms with Crippen LogP contribution < -0.4 is 10.6 Å². The number of amides is 2. The number of sulfone groups is 1. The lowest BCUT2D eigenvalue weighted by molar-refractivity contribution is 0.0930. The number of carbonyl (C=O) groups excluding carboxylic acids is 2. The van der Waals surface area contributed by atoms with Gasteiger partial charge in [-0.05, 0) is 50.1 Å². The van der Waals surface area contributed by atoms with Crippen molar-refractivity contribution in [1.82, 2.24) is 30.4 Å². The zero-order valence-electron chi connectivity index (χ0n) is 19.2. The third kappa shape index (κ3) is 5.84. The molecule has 2 heterocycles. The second kappa shape index (κ2) is 10.3. The summed E-state index contributed by atoms with van der Waals surface area (Å²) in [5, 5.41) is 18.9. The van der Waals surface area contributed by atoms with Crippen LogP contribution in [0.2, 0.25) is 5.02 Å². The zero-order valence-corrected chi connectivity index (χ0v) is 21.8. The second-order valence-corrected chi connectivity index (χ2v) is 10.7. The van der Waals surface area contributed by atoms with Crippen LogP contribution in [-0.2, 0) is 9.84 Å². The Hall–Kier alpha value is -3.47. The Kier molecular flexibility index (Phi) is 7.73. The van der Waals surface area contributed by atoms with Gasteiger partial charge in [0.25, 0.3) is 11.8 Å². The minimum Gasteiger partial charge on any atom is -0.342 e. The molecule has 0 radical (unpaired) electrons. The van der Waals surface area contributed by atoms with Gasteiger partial charge in [-0.25, -0.2) is 18.4 Å². The van der Waals surface area contributed by atoms with Gasteiger partial charge in [-0.3, -0.25) is 9.59 Å². The number of nitrogens with one attached hydrogen (secondary N) is 2. The molecule has 0 aliphatic heterocycles. The normalized spacial score (nSPS) is 14.6. The molecule has 1 aliphatic carbocycles. The van der Waals surface area contributed by atoms with E-state index >= 15 is 0 Å². The largest absolute Gasteiger partial charge is 0.342 e. The first-order valence-electron chi connectivity index (χ1n) is 10.4. The Labute approximate surface area is 219 Å². The van der Waals surface area contributed by atoms with Crippen molar-refractivity contribution in [2.45, 2.75) is 36.2 Å². The molecule has 1 fully saturated rings. The van der Waals surface area contributed by atoms with Crippen LogP contribution in [0.5, 0.6) is 0 Å². The molecule has 188 valence electrons. The average molecular weight is 548 g/mol. The number of aromatic nitrogens is 4. The number of carbonyl (C=O) groups is 2. The van der Waals surface area contributed by atoms with Gasteiger partial charge in [-0.1, -0.05) is 11.6 Å². The molecular weight excluding hydrogens is 526 g/mol. The number of halogens is 1. The number of nitrogens with zero attached hydrogens (tertiary/aromatic N) is 5. The third-order valence-corrected chi connectivity index (χ3v) is 6.72. The summed E-state index contributed by atoms with van der Waals surface area (Å²) in [5.74, 6) is -0.225. The van der Waals surface area contributed by atoms with E-state index in [-0.39, 0.29) is 29.0 Å². The molecule has 0 unspecified atom stereocenters. The van der Waals surface area contributed by atoms with Crippen LogP contribution in [0.15, 0.2) is 47.8 Å². The van der Waals surface area contributed by atoms with Gasteiger partial charge < -0.3 is 10.6 Å². The van der Waals surface area contributed by atoms with Crippen molar-refractivity contribution in [3.8, 4) is 11.9 Å². The number of pyridine rings is 1. The Balaban J connectivity index is 0.00000361. The summed E-state index contributed by atoms with van der Waals surface area (Å²) < 4.78 is 25.1. The van der Waals surface area contributed by atoms with Crippen LogP contribution in [0.25, 0.3) is 5.82 Å². The first kappa shape index (κ1) is 27.1. The highest BCUT2D eigenvalue weighted by molar-refractivity contribution is 7.90. The van der Waals surface area contributed by atoms with Gasteiger partial charge in [0, 0.05) is 23.0 Å². The van der Waals surface area contributed by atoms with Crippen LogP contribution in [-0.4, -0.2) is 51.8 Å². The molecule has 2 N–H and O–H groups in total. The fourth-order valence-electron chi connectivity index (χ4n) is 3.30. The summed E-state index contributed by atoms with van der Waals surface area (Å²) in [6.07, 6.45) is 4.94. The minimum atomic E-state index is -3.56. The van der Waals surface area contributed by atoms with Crippen molar-refractivity contribution in [3.63, 3.8) is 0 Å². The van der Waals surface area contributed by atoms with E-state index in [1.165, 1.54) is 35.4 Å². The summed E-state index contributed by atoms with van der Waals surface area (Å²) in [6, 6.07) is 8.48. The third-order valence-electron chi connectivity index (χ3n) is 5.41. The predicted octanol–water partition coefficient (Wildman–Crippen LogP) is 2.11. The number of benzene rings is 1. The molecule has 0 bridgehead atoms. The maximum atomic E-state index is 12.8. The van der Waals surface area contributed by atoms with E-state index in [0.29, 0.717) is 30.0 Å². The van der Waals surface area contributed by atoms with Crippen LogP contribution in [0, 0.1) is 11.3 Å². The molecule has 3 aromatic rings. The number of hydrogen-bond donors (Lipinski definition) is 2. The number of hydrogen-bond acceptors (Lipinski definition) is 8. The van der Waals surface area contributed by atoms with Crippen molar-refractivity contribution in [3.05, 3.63) is 64.8 Å². The summed E-state index contributed by atoms with van der Waals surface area (Å²) >= 11 is 6.00. The van der Waals surface area contributed by atoms with Crippen molar-refractivity contribution >= 4 is 46.7 Å². The highest BCUT2D eigenvalue weighted by Crippen LogP contribution is 2.34. The molecule has 1 aliphatic rings. The molecule has 11 nitrogen and oxygen atoms in total. The maximum absolute atomic E-state index is 12.8. The number of nitriles is 1. The van der Waals surface area contributed by atoms with Crippen molar-refractivity contribution in [2.24, 2.45) is 0 Å². The van der Waals surface area contributed by atoms with E-state index < -0.39 is 33.2 Å². The fourth-order valence-corrected chi connectivity index (χ4v) is 4.28. The standard InChI is InChI=1S/C22H20ClN7O4S.H2S/c1-13(28-20(31)15-7-16(23)9-17(8-15)35(2,33)34)19-26-12-27-30(19)18-4-3-14(10-25-18)21(32)29-22(11-24)5-6-22;/h3-4,7-10,12-13H,5-6H2,1-2H3,(H,28,31)(H,29,32);1H2/t13-;/m1./s1. The van der Waals surface area contributed by atoms with Crippen LogP contribution in [0.1, 0.15) is 52.3 Å². The summed E-state index contributed by atoms with van der Waals surface area (Å²) in [6.45, 7) is 1.68. The molecule has 14 heteroatoms. The molecule has 1 aromatic carbocycles. The maximum Gasteiger partial charge on any atom is 0.254 e. The molecule has 1 atom stereocenters. The Morgan fingerprint density at radius 3 is 2.47 bits per heavy atom. The monoisotopic (exact) mass is 547 g/mol. The van der Waals surface area contributed by atoms with Crippen molar-refractivity contribution in [1.29, 1.82) is 5.26 Å². The lowest BCUT2D eigenvalue weighted by atomic mass is 10.2. The molecule has 2 amide bonds. The molecule has 36 heavy (non-hydrogen) atoms. The number of rotatable bonds is 7. The van der Waals surface area contributed by atoms with Crippen LogP contribution >= 0.6 is 25.1 Å². The van der Waals surface area contributed by atoms with Gasteiger partial charge in [0.05, 0.1) is 22.6 Å². The minimum absolute atomic E-state index is 0. The van der Waals surface area contributed by atoms with Gasteiger partial charge in [0.15, 0.2) is 21.5 Å². The van der Waals surface area contributed by atoms with Crippen LogP contribution in [0.3, 0.4) is 0 Å². The molecule has 0 spiro atoms. The van der Waals surface area contributed by atoms with E-state index in [9.17, 15) is 18.0 Å². The van der Waals surface area contributed by atoms with E-state index in [1.54, 1.807) is 19.1 Å². The lowest BCUT2D eigenvalue weighted by Gasteiger charge is -2.15. The molecule has 0 saturated heterocycles. The summed E-state index contributed by atoms with van der Waals surface area (Å²) in [5.41, 5.74) is -0.413. The first-order valence-corrected chi connectivity index (χ1v) is 12.7. The van der Waals surface area contributed by atoms with E-state index in [2.05, 4.69) is 31.8 Å². The van der Waals surface area contributed by atoms with Gasteiger partial charge in [0.2, 0.25) is 0 Å². The lowest BCUT2D eigenvalue weighted by Crippen LogP contribution is -2.35. The molecule has 1 saturated carbocycles. The Morgan fingerprint density at radius 1 is 1.17 bits per heavy atom. The highest BCUT2D eigenvalue weighted by atomic mass is 35.5. The van der Waals surface area contributed by atoms with E-state index in [0.717, 1.165) is 6.26 Å². The van der Waals surface area contributed by atoms with E-state index in [1.807, 2.05) is 0 Å².